The van der Waals surface area contributed by atoms with Crippen LogP contribution < -0.4 is 10.5 Å². The minimum atomic E-state index is -4.29. The number of sulfonamides is 1. The fraction of sp³-hybridized carbons (Fsp3) is 0.455. The smallest absolute Gasteiger partial charge is 0.270 e. The van der Waals surface area contributed by atoms with Crippen LogP contribution in [0.3, 0.4) is 0 Å². The van der Waals surface area contributed by atoms with Gasteiger partial charge in [0.1, 0.15) is 5.67 Å². The molecular formula is C22H25ClF5N3O2S. The van der Waals surface area contributed by atoms with Gasteiger partial charge in [0.15, 0.2) is 0 Å². The van der Waals surface area contributed by atoms with Crippen molar-refractivity contribution in [2.45, 2.75) is 61.8 Å². The second-order valence-corrected chi connectivity index (χ2v) is 11.1. The predicted octanol–water partition coefficient (Wildman–Crippen LogP) is 5.67. The molecule has 5 nitrogen and oxygen atoms in total. The molecule has 3 N–H and O–H groups in total. The summed E-state index contributed by atoms with van der Waals surface area (Å²) in [5.41, 5.74) is 3.75. The molecule has 1 heterocycles. The average molecular weight is 526 g/mol. The molecule has 0 amide bonds. The quantitative estimate of drug-likeness (QED) is 0.457. The second-order valence-electron chi connectivity index (χ2n) is 8.98. The van der Waals surface area contributed by atoms with Crippen molar-refractivity contribution in [2.75, 3.05) is 11.3 Å². The lowest BCUT2D eigenvalue weighted by Gasteiger charge is -2.36. The van der Waals surface area contributed by atoms with E-state index in [9.17, 15) is 30.4 Å². The molecule has 34 heavy (non-hydrogen) atoms. The number of halogens is 6. The monoisotopic (exact) mass is 525 g/mol. The maximum Gasteiger partial charge on any atom is 0.270 e. The number of alkyl halides is 5. The highest BCUT2D eigenvalue weighted by Crippen LogP contribution is 2.44. The molecule has 1 saturated heterocycles. The zero-order valence-corrected chi connectivity index (χ0v) is 20.2. The molecule has 1 aliphatic heterocycles. The largest absolute Gasteiger partial charge is 0.312 e. The Labute approximate surface area is 200 Å². The summed E-state index contributed by atoms with van der Waals surface area (Å²) in [6.07, 6.45) is -2.12. The van der Waals surface area contributed by atoms with Crippen LogP contribution in [0.15, 0.2) is 47.4 Å². The van der Waals surface area contributed by atoms with E-state index in [1.807, 2.05) is 0 Å². The van der Waals surface area contributed by atoms with Gasteiger partial charge in [0, 0.05) is 29.5 Å². The standard InChI is InChI=1S/C22H25ClF5N3O2S/c1-20(2,24)17-11-22(27,28)12-31(17)19(29)18-15(23)5-4-6-16(18)30-34(32,33)14-9-7-13(8-10-14)21(3,25)26/h4-10,17,19,30H,11-12,29H2,1-3H3. The van der Waals surface area contributed by atoms with Gasteiger partial charge in [-0.25, -0.2) is 30.4 Å². The third-order valence-electron chi connectivity index (χ3n) is 5.72. The van der Waals surface area contributed by atoms with Crippen LogP contribution in [0.1, 0.15) is 44.5 Å². The molecule has 188 valence electrons. The SMILES string of the molecule is CC(F)(F)c1ccc(S(=O)(=O)Nc2cccc(Cl)c2C(N)N2CC(F)(F)CC2C(C)(C)F)cc1. The molecule has 0 bridgehead atoms. The molecule has 0 spiro atoms. The number of nitrogens with two attached hydrogens (primary N) is 1. The van der Waals surface area contributed by atoms with Gasteiger partial charge >= 0.3 is 0 Å². The number of nitrogens with one attached hydrogen (secondary N) is 1. The Bertz CT molecular complexity index is 1150. The molecule has 2 aromatic carbocycles. The summed E-state index contributed by atoms with van der Waals surface area (Å²) in [6, 6.07) is 6.91. The third-order valence-corrected chi connectivity index (χ3v) is 7.43. The molecule has 2 atom stereocenters. The van der Waals surface area contributed by atoms with Gasteiger partial charge in [0.25, 0.3) is 21.9 Å². The Hall–Kier alpha value is -1.95. The Morgan fingerprint density at radius 2 is 1.71 bits per heavy atom. The first-order chi connectivity index (χ1) is 15.4. The number of nitrogens with zero attached hydrogens (tertiary/aromatic N) is 1. The molecule has 2 aromatic rings. The van der Waals surface area contributed by atoms with Gasteiger partial charge in [-0.3, -0.25) is 9.62 Å². The van der Waals surface area contributed by atoms with Crippen LogP contribution in [0.4, 0.5) is 27.6 Å². The topological polar surface area (TPSA) is 75.4 Å². The summed E-state index contributed by atoms with van der Waals surface area (Å²) in [4.78, 5) is 0.757. The van der Waals surface area contributed by atoms with Gasteiger partial charge in [-0.05, 0) is 38.1 Å². The lowest BCUT2D eigenvalue weighted by Crippen LogP contribution is -2.47. The highest BCUT2D eigenvalue weighted by atomic mass is 35.5. The zero-order chi connectivity index (χ0) is 25.7. The maximum absolute atomic E-state index is 14.7. The fourth-order valence-corrected chi connectivity index (χ4v) is 5.36. The van der Waals surface area contributed by atoms with Crippen molar-refractivity contribution >= 4 is 27.3 Å². The van der Waals surface area contributed by atoms with E-state index in [1.54, 1.807) is 0 Å². The van der Waals surface area contributed by atoms with Crippen molar-refractivity contribution in [3.8, 4) is 0 Å². The molecule has 1 aliphatic rings. The number of hydrogen-bond acceptors (Lipinski definition) is 4. The van der Waals surface area contributed by atoms with Crippen molar-refractivity contribution in [2.24, 2.45) is 5.73 Å². The van der Waals surface area contributed by atoms with Crippen LogP contribution in [0, 0.1) is 0 Å². The molecule has 2 unspecified atom stereocenters. The molecule has 3 rings (SSSR count). The third kappa shape index (κ3) is 5.64. The molecule has 1 fully saturated rings. The fourth-order valence-electron chi connectivity index (χ4n) is 3.99. The first-order valence-electron chi connectivity index (χ1n) is 10.3. The lowest BCUT2D eigenvalue weighted by atomic mass is 9.96. The zero-order valence-electron chi connectivity index (χ0n) is 18.6. The molecule has 0 saturated carbocycles. The number of likely N-dealkylation sites (tertiary alicyclic amines) is 1. The van der Waals surface area contributed by atoms with E-state index < -0.39 is 52.7 Å². The predicted molar refractivity (Wildman–Crippen MR) is 120 cm³/mol. The van der Waals surface area contributed by atoms with Crippen molar-refractivity contribution in [1.29, 1.82) is 0 Å². The van der Waals surface area contributed by atoms with E-state index in [0.29, 0.717) is 6.92 Å². The number of rotatable bonds is 7. The molecule has 0 radical (unpaired) electrons. The first-order valence-corrected chi connectivity index (χ1v) is 12.2. The molecule has 12 heteroatoms. The summed E-state index contributed by atoms with van der Waals surface area (Å²) in [5.74, 6) is -6.35. The van der Waals surface area contributed by atoms with Crippen molar-refractivity contribution in [3.05, 3.63) is 58.6 Å². The maximum atomic E-state index is 14.7. The van der Waals surface area contributed by atoms with Crippen molar-refractivity contribution in [1.82, 2.24) is 4.90 Å². The van der Waals surface area contributed by atoms with Gasteiger partial charge in [-0.2, -0.15) is 0 Å². The number of hydrogen-bond donors (Lipinski definition) is 2. The summed E-state index contributed by atoms with van der Waals surface area (Å²) < 4.78 is 98.2. The Balaban J connectivity index is 1.97. The van der Waals surface area contributed by atoms with Crippen molar-refractivity contribution in [3.63, 3.8) is 0 Å². The van der Waals surface area contributed by atoms with Gasteiger partial charge in [-0.15, -0.1) is 0 Å². The van der Waals surface area contributed by atoms with E-state index in [4.69, 9.17) is 17.3 Å². The summed E-state index contributed by atoms with van der Waals surface area (Å²) in [5, 5.41) is -0.0145. The molecule has 0 aromatic heterocycles. The van der Waals surface area contributed by atoms with E-state index in [0.717, 1.165) is 29.2 Å². The van der Waals surface area contributed by atoms with Crippen molar-refractivity contribution < 1.29 is 30.4 Å². The number of anilines is 1. The van der Waals surface area contributed by atoms with E-state index in [-0.39, 0.29) is 26.7 Å². The lowest BCUT2D eigenvalue weighted by molar-refractivity contribution is 0.00769. The first kappa shape index (κ1) is 26.7. The van der Waals surface area contributed by atoms with Crippen LogP contribution in [0.2, 0.25) is 5.02 Å². The van der Waals surface area contributed by atoms with E-state index in [1.165, 1.54) is 32.0 Å². The van der Waals surface area contributed by atoms with Crippen LogP contribution in [-0.2, 0) is 15.9 Å². The normalized spacial score (nSPS) is 20.4. The van der Waals surface area contributed by atoms with Crippen LogP contribution in [-0.4, -0.2) is 37.5 Å². The minimum Gasteiger partial charge on any atom is -0.312 e. The Morgan fingerprint density at radius 1 is 1.12 bits per heavy atom. The van der Waals surface area contributed by atoms with Gasteiger partial charge in [0.2, 0.25) is 0 Å². The van der Waals surface area contributed by atoms with Crippen LogP contribution in [0.25, 0.3) is 0 Å². The highest BCUT2D eigenvalue weighted by molar-refractivity contribution is 7.92. The molecular weight excluding hydrogens is 501 g/mol. The van der Waals surface area contributed by atoms with Gasteiger partial charge in [0.05, 0.1) is 29.3 Å². The van der Waals surface area contributed by atoms with Crippen LogP contribution >= 0.6 is 11.6 Å². The van der Waals surface area contributed by atoms with E-state index in [2.05, 4.69) is 4.72 Å². The summed E-state index contributed by atoms with van der Waals surface area (Å²) in [6.45, 7) is 2.18. The summed E-state index contributed by atoms with van der Waals surface area (Å²) >= 11 is 6.28. The van der Waals surface area contributed by atoms with E-state index >= 15 is 0 Å². The van der Waals surface area contributed by atoms with Gasteiger partial charge < -0.3 is 5.73 Å². The molecule has 0 aliphatic carbocycles. The average Bonchev–Trinajstić information content (AvgIpc) is 3.03. The second kappa shape index (κ2) is 8.92. The van der Waals surface area contributed by atoms with Gasteiger partial charge in [-0.1, -0.05) is 29.8 Å². The minimum absolute atomic E-state index is 0.0145. The number of benzene rings is 2. The summed E-state index contributed by atoms with van der Waals surface area (Å²) in [7, 11) is -4.29. The Morgan fingerprint density at radius 3 is 2.24 bits per heavy atom. The highest BCUT2D eigenvalue weighted by Gasteiger charge is 2.53. The van der Waals surface area contributed by atoms with Crippen LogP contribution in [0.5, 0.6) is 0 Å². The Kier molecular flexibility index (Phi) is 7.00.